The maximum absolute atomic E-state index is 12.8. The first-order valence-corrected chi connectivity index (χ1v) is 8.56. The van der Waals surface area contributed by atoms with Crippen LogP contribution in [0.4, 0.5) is 0 Å². The average molecular weight is 279 g/mol. The van der Waals surface area contributed by atoms with E-state index in [-0.39, 0.29) is 12.1 Å². The van der Waals surface area contributed by atoms with E-state index in [2.05, 4.69) is 9.80 Å². The minimum absolute atomic E-state index is 0.0752. The first kappa shape index (κ1) is 14.3. The largest absolute Gasteiger partial charge is 0.341 e. The second kappa shape index (κ2) is 6.44. The van der Waals surface area contributed by atoms with Crippen LogP contribution in [0, 0.1) is 0 Å². The summed E-state index contributed by atoms with van der Waals surface area (Å²) in [6, 6.07) is 0.873. The van der Waals surface area contributed by atoms with Crippen molar-refractivity contribution in [1.82, 2.24) is 9.80 Å². The molecule has 114 valence electrons. The van der Waals surface area contributed by atoms with Gasteiger partial charge in [0.25, 0.3) is 0 Å². The molecule has 0 aromatic heterocycles. The molecule has 2 heterocycles. The quantitative estimate of drug-likeness (QED) is 0.837. The first-order chi connectivity index (χ1) is 9.75. The number of hydrogen-bond acceptors (Lipinski definition) is 3. The molecule has 1 aliphatic carbocycles. The van der Waals surface area contributed by atoms with Gasteiger partial charge in [0.1, 0.15) is 0 Å². The molecule has 2 atom stereocenters. The van der Waals surface area contributed by atoms with Crippen molar-refractivity contribution in [3.63, 3.8) is 0 Å². The lowest BCUT2D eigenvalue weighted by molar-refractivity contribution is -0.137. The van der Waals surface area contributed by atoms with Crippen molar-refractivity contribution < 1.29 is 4.79 Å². The number of nitrogens with two attached hydrogens (primary N) is 1. The summed E-state index contributed by atoms with van der Waals surface area (Å²) >= 11 is 0. The predicted octanol–water partition coefficient (Wildman–Crippen LogP) is 1.73. The summed E-state index contributed by atoms with van der Waals surface area (Å²) in [5.41, 5.74) is 6.18. The Labute approximate surface area is 122 Å². The van der Waals surface area contributed by atoms with Gasteiger partial charge in [-0.25, -0.2) is 0 Å². The van der Waals surface area contributed by atoms with Gasteiger partial charge in [0.15, 0.2) is 0 Å². The highest BCUT2D eigenvalue weighted by molar-refractivity contribution is 5.82. The van der Waals surface area contributed by atoms with Gasteiger partial charge in [0.2, 0.25) is 5.91 Å². The molecule has 2 aliphatic heterocycles. The van der Waals surface area contributed by atoms with Crippen LogP contribution in [0.2, 0.25) is 0 Å². The highest BCUT2D eigenvalue weighted by Gasteiger charge is 2.41. The van der Waals surface area contributed by atoms with E-state index in [1.807, 2.05) is 0 Å². The standard InChI is InChI=1S/C16H29N3O/c17-13-11-15(16(20)18-9-5-2-6-10-18)19(12-13)14-7-3-1-4-8-14/h13-15H,1-12,17H2/t13-,15-/m0/s1. The van der Waals surface area contributed by atoms with Crippen molar-refractivity contribution in [1.29, 1.82) is 0 Å². The van der Waals surface area contributed by atoms with Crippen LogP contribution in [0.3, 0.4) is 0 Å². The number of nitrogens with zero attached hydrogens (tertiary/aromatic N) is 2. The molecule has 2 saturated heterocycles. The molecular formula is C16H29N3O. The number of hydrogen-bond donors (Lipinski definition) is 1. The third kappa shape index (κ3) is 3.01. The van der Waals surface area contributed by atoms with E-state index in [4.69, 9.17) is 5.73 Å². The highest BCUT2D eigenvalue weighted by Crippen LogP contribution is 2.30. The summed E-state index contributed by atoms with van der Waals surface area (Å²) in [7, 11) is 0. The Morgan fingerprint density at radius 1 is 0.950 bits per heavy atom. The third-order valence-corrected chi connectivity index (χ3v) is 5.37. The number of rotatable bonds is 2. The van der Waals surface area contributed by atoms with Gasteiger partial charge in [0, 0.05) is 31.7 Å². The van der Waals surface area contributed by atoms with Crippen LogP contribution in [-0.4, -0.2) is 53.5 Å². The lowest BCUT2D eigenvalue weighted by atomic mass is 9.93. The van der Waals surface area contributed by atoms with Crippen molar-refractivity contribution >= 4 is 5.91 Å². The molecule has 3 fully saturated rings. The minimum Gasteiger partial charge on any atom is -0.341 e. The van der Waals surface area contributed by atoms with Gasteiger partial charge in [-0.15, -0.1) is 0 Å². The van der Waals surface area contributed by atoms with Gasteiger partial charge < -0.3 is 10.6 Å². The molecule has 0 bridgehead atoms. The van der Waals surface area contributed by atoms with Crippen molar-refractivity contribution in [3.8, 4) is 0 Å². The molecule has 0 radical (unpaired) electrons. The summed E-state index contributed by atoms with van der Waals surface area (Å²) in [6.07, 6.45) is 11.0. The van der Waals surface area contributed by atoms with Crippen LogP contribution < -0.4 is 5.73 Å². The Kier molecular flexibility index (Phi) is 4.61. The second-order valence-corrected chi connectivity index (χ2v) is 6.89. The zero-order valence-corrected chi connectivity index (χ0v) is 12.6. The molecule has 0 aromatic rings. The summed E-state index contributed by atoms with van der Waals surface area (Å²) in [5, 5.41) is 0. The van der Waals surface area contributed by atoms with E-state index in [0.717, 1.165) is 26.1 Å². The number of carbonyl (C=O) groups excluding carboxylic acids is 1. The Hall–Kier alpha value is -0.610. The van der Waals surface area contributed by atoms with Gasteiger partial charge >= 0.3 is 0 Å². The average Bonchev–Trinajstić information content (AvgIpc) is 2.90. The van der Waals surface area contributed by atoms with E-state index < -0.39 is 0 Å². The van der Waals surface area contributed by atoms with Gasteiger partial charge in [-0.2, -0.15) is 0 Å². The van der Waals surface area contributed by atoms with Gasteiger partial charge in [-0.05, 0) is 38.5 Å². The Morgan fingerprint density at radius 3 is 2.30 bits per heavy atom. The summed E-state index contributed by atoms with van der Waals surface area (Å²) in [5.74, 6) is 0.364. The Bertz CT molecular complexity index is 335. The lowest BCUT2D eigenvalue weighted by Crippen LogP contribution is -2.50. The van der Waals surface area contributed by atoms with E-state index in [9.17, 15) is 4.79 Å². The Balaban J connectivity index is 1.67. The van der Waals surface area contributed by atoms with E-state index >= 15 is 0 Å². The molecule has 4 nitrogen and oxygen atoms in total. The molecule has 0 aromatic carbocycles. The van der Waals surface area contributed by atoms with Crippen LogP contribution in [0.15, 0.2) is 0 Å². The Morgan fingerprint density at radius 2 is 1.60 bits per heavy atom. The summed E-state index contributed by atoms with van der Waals surface area (Å²) < 4.78 is 0. The normalized spacial score (nSPS) is 33.5. The molecule has 3 aliphatic rings. The van der Waals surface area contributed by atoms with Crippen LogP contribution >= 0.6 is 0 Å². The topological polar surface area (TPSA) is 49.6 Å². The van der Waals surface area contributed by atoms with Crippen LogP contribution in [0.1, 0.15) is 57.8 Å². The number of likely N-dealkylation sites (tertiary alicyclic amines) is 2. The van der Waals surface area contributed by atoms with Crippen molar-refractivity contribution in [3.05, 3.63) is 0 Å². The van der Waals surface area contributed by atoms with Crippen molar-refractivity contribution in [2.24, 2.45) is 5.73 Å². The number of amides is 1. The molecule has 1 saturated carbocycles. The van der Waals surface area contributed by atoms with Crippen LogP contribution in [0.25, 0.3) is 0 Å². The minimum atomic E-state index is 0.0752. The van der Waals surface area contributed by atoms with Gasteiger partial charge in [0.05, 0.1) is 6.04 Å². The molecule has 4 heteroatoms. The second-order valence-electron chi connectivity index (χ2n) is 6.89. The fourth-order valence-corrected chi connectivity index (χ4v) is 4.28. The van der Waals surface area contributed by atoms with Gasteiger partial charge in [-0.1, -0.05) is 19.3 Å². The lowest BCUT2D eigenvalue weighted by Gasteiger charge is -2.37. The fraction of sp³-hybridized carbons (Fsp3) is 0.938. The van der Waals surface area contributed by atoms with E-state index in [0.29, 0.717) is 11.9 Å². The van der Waals surface area contributed by atoms with Crippen LogP contribution in [0.5, 0.6) is 0 Å². The smallest absolute Gasteiger partial charge is 0.239 e. The van der Waals surface area contributed by atoms with Gasteiger partial charge in [-0.3, -0.25) is 9.69 Å². The first-order valence-electron chi connectivity index (χ1n) is 8.56. The summed E-state index contributed by atoms with van der Waals surface area (Å²) in [4.78, 5) is 17.4. The van der Waals surface area contributed by atoms with Crippen molar-refractivity contribution in [2.75, 3.05) is 19.6 Å². The zero-order valence-electron chi connectivity index (χ0n) is 12.6. The number of carbonyl (C=O) groups is 1. The molecule has 2 N–H and O–H groups in total. The highest BCUT2D eigenvalue weighted by atomic mass is 16.2. The zero-order chi connectivity index (χ0) is 13.9. The molecule has 1 amide bonds. The molecule has 0 unspecified atom stereocenters. The SMILES string of the molecule is N[C@H]1C[C@@H](C(=O)N2CCCCC2)N(C2CCCCC2)C1. The third-order valence-electron chi connectivity index (χ3n) is 5.37. The predicted molar refractivity (Wildman–Crippen MR) is 80.4 cm³/mol. The summed E-state index contributed by atoms with van der Waals surface area (Å²) in [6.45, 7) is 2.85. The fourth-order valence-electron chi connectivity index (χ4n) is 4.28. The number of piperidine rings is 1. The van der Waals surface area contributed by atoms with Crippen LogP contribution in [-0.2, 0) is 4.79 Å². The molecule has 20 heavy (non-hydrogen) atoms. The maximum Gasteiger partial charge on any atom is 0.239 e. The van der Waals surface area contributed by atoms with Crippen molar-refractivity contribution in [2.45, 2.75) is 75.9 Å². The molecule has 3 rings (SSSR count). The monoisotopic (exact) mass is 279 g/mol. The maximum atomic E-state index is 12.8. The molecular weight excluding hydrogens is 250 g/mol. The van der Waals surface area contributed by atoms with E-state index in [1.165, 1.54) is 51.4 Å². The van der Waals surface area contributed by atoms with E-state index in [1.54, 1.807) is 0 Å². The molecule has 0 spiro atoms.